The van der Waals surface area contributed by atoms with Gasteiger partial charge in [0, 0.05) is 32.7 Å². The van der Waals surface area contributed by atoms with Crippen LogP contribution < -0.4 is 4.90 Å². The zero-order chi connectivity index (χ0) is 22.8. The van der Waals surface area contributed by atoms with Gasteiger partial charge < -0.3 is 4.90 Å². The van der Waals surface area contributed by atoms with Crippen LogP contribution in [0.2, 0.25) is 0 Å². The van der Waals surface area contributed by atoms with Gasteiger partial charge in [0.1, 0.15) is 11.9 Å². The fourth-order valence-electron chi connectivity index (χ4n) is 4.69. The molecule has 0 N–H and O–H groups in total. The number of rotatable bonds is 5. The Hall–Kier alpha value is -3.62. The molecular weight excluding hydrogens is 406 g/mol. The highest BCUT2D eigenvalue weighted by molar-refractivity contribution is 5.85. The number of nitrogens with zero attached hydrogens (tertiary/aromatic N) is 5. The van der Waals surface area contributed by atoms with Crippen LogP contribution in [-0.2, 0) is 0 Å². The number of imidazole rings is 1. The first-order chi connectivity index (χ1) is 16.2. The molecule has 0 atom stereocenters. The summed E-state index contributed by atoms with van der Waals surface area (Å²) in [7, 11) is 0. The highest BCUT2D eigenvalue weighted by Gasteiger charge is 2.24. The number of nitriles is 1. The van der Waals surface area contributed by atoms with Gasteiger partial charge in [-0.1, -0.05) is 68.5 Å². The van der Waals surface area contributed by atoms with Crippen LogP contribution in [0.25, 0.3) is 22.8 Å². The van der Waals surface area contributed by atoms with Crippen LogP contribution >= 0.6 is 0 Å². The molecule has 5 nitrogen and oxygen atoms in total. The fourth-order valence-corrected chi connectivity index (χ4v) is 4.69. The molecule has 4 aromatic rings. The highest BCUT2D eigenvalue weighted by atomic mass is 15.3. The summed E-state index contributed by atoms with van der Waals surface area (Å²) in [6.45, 7) is 9.16. The van der Waals surface area contributed by atoms with Crippen molar-refractivity contribution in [3.63, 3.8) is 0 Å². The monoisotopic (exact) mass is 435 g/mol. The lowest BCUT2D eigenvalue weighted by Crippen LogP contribution is -2.47. The molecule has 1 fully saturated rings. The van der Waals surface area contributed by atoms with E-state index in [9.17, 15) is 5.26 Å². The van der Waals surface area contributed by atoms with Crippen molar-refractivity contribution in [2.75, 3.05) is 37.6 Å². The largest absolute Gasteiger partial charge is 0.355 e. The summed E-state index contributed by atoms with van der Waals surface area (Å²) in [6.07, 6.45) is 4.45. The molecule has 2 aromatic carbocycles. The minimum atomic E-state index is 0.257. The summed E-state index contributed by atoms with van der Waals surface area (Å²) in [4.78, 5) is 9.81. The van der Waals surface area contributed by atoms with Crippen LogP contribution in [0.4, 0.5) is 5.82 Å². The predicted molar refractivity (Wildman–Crippen MR) is 136 cm³/mol. The SMILES string of the molecule is CC(C)c1cc(N2CCN(C/C=C/c3ccccc3)CC2)n2c(nc3ccccc32)c1C#N. The van der Waals surface area contributed by atoms with Gasteiger partial charge in [0.05, 0.1) is 16.6 Å². The maximum Gasteiger partial charge on any atom is 0.157 e. The lowest BCUT2D eigenvalue weighted by atomic mass is 9.98. The average Bonchev–Trinajstić information content (AvgIpc) is 3.24. The number of hydrogen-bond acceptors (Lipinski definition) is 4. The number of pyridine rings is 1. The molecular formula is C28H29N5. The third-order valence-electron chi connectivity index (χ3n) is 6.49. The van der Waals surface area contributed by atoms with E-state index in [-0.39, 0.29) is 5.92 Å². The van der Waals surface area contributed by atoms with Crippen LogP contribution in [-0.4, -0.2) is 47.0 Å². The first-order valence-corrected chi connectivity index (χ1v) is 11.7. The molecule has 166 valence electrons. The van der Waals surface area contributed by atoms with E-state index < -0.39 is 0 Å². The minimum absolute atomic E-state index is 0.257. The standard InChI is InChI=1S/C28H29N5/c1-21(2)23-19-27(33-26-13-7-6-12-25(26)30-28(33)24(23)20-29)32-17-15-31(16-18-32)14-8-11-22-9-4-3-5-10-22/h3-13,19,21H,14-18H2,1-2H3/b11-8+. The Morgan fingerprint density at radius 3 is 2.45 bits per heavy atom. The van der Waals surface area contributed by atoms with Crippen LogP contribution in [0, 0.1) is 11.3 Å². The Morgan fingerprint density at radius 2 is 1.73 bits per heavy atom. The molecule has 0 unspecified atom stereocenters. The van der Waals surface area contributed by atoms with Gasteiger partial charge >= 0.3 is 0 Å². The first-order valence-electron chi connectivity index (χ1n) is 11.7. The summed E-state index contributed by atoms with van der Waals surface area (Å²) in [5.41, 5.74) is 5.76. The van der Waals surface area contributed by atoms with Crippen molar-refractivity contribution in [1.82, 2.24) is 14.3 Å². The normalized spacial score (nSPS) is 15.2. The second-order valence-electron chi connectivity index (χ2n) is 8.96. The van der Waals surface area contributed by atoms with Gasteiger partial charge in [0.2, 0.25) is 0 Å². The molecule has 3 heterocycles. The Bertz CT molecular complexity index is 1340. The molecule has 2 aromatic heterocycles. The number of para-hydroxylation sites is 2. The molecule has 0 radical (unpaired) electrons. The molecule has 0 amide bonds. The lowest BCUT2D eigenvalue weighted by molar-refractivity contribution is 0.283. The van der Waals surface area contributed by atoms with Gasteiger partial charge in [0.25, 0.3) is 0 Å². The Kier molecular flexibility index (Phi) is 5.85. The van der Waals surface area contributed by atoms with Gasteiger partial charge in [-0.05, 0) is 35.2 Å². The van der Waals surface area contributed by atoms with Crippen LogP contribution in [0.3, 0.4) is 0 Å². The van der Waals surface area contributed by atoms with Crippen LogP contribution in [0.5, 0.6) is 0 Å². The van der Waals surface area contributed by atoms with E-state index >= 15 is 0 Å². The van der Waals surface area contributed by atoms with Crippen molar-refractivity contribution < 1.29 is 0 Å². The topological polar surface area (TPSA) is 47.6 Å². The summed E-state index contributed by atoms with van der Waals surface area (Å²) >= 11 is 0. The Labute approximate surface area is 195 Å². The molecule has 1 aliphatic rings. The molecule has 5 heteroatoms. The van der Waals surface area contributed by atoms with Gasteiger partial charge in [-0.2, -0.15) is 5.26 Å². The van der Waals surface area contributed by atoms with Crippen molar-refractivity contribution in [3.05, 3.63) is 83.4 Å². The molecule has 1 saturated heterocycles. The van der Waals surface area contributed by atoms with Crippen LogP contribution in [0.1, 0.15) is 36.5 Å². The van der Waals surface area contributed by atoms with E-state index in [1.54, 1.807) is 0 Å². The summed E-state index contributed by atoms with van der Waals surface area (Å²) in [6, 6.07) is 23.3. The molecule has 0 spiro atoms. The Morgan fingerprint density at radius 1 is 1.00 bits per heavy atom. The van der Waals surface area contributed by atoms with E-state index in [0.29, 0.717) is 5.56 Å². The summed E-state index contributed by atoms with van der Waals surface area (Å²) in [5.74, 6) is 1.40. The van der Waals surface area contributed by atoms with E-state index in [1.807, 2.05) is 24.3 Å². The number of piperazine rings is 1. The molecule has 0 aliphatic carbocycles. The average molecular weight is 436 g/mol. The molecule has 33 heavy (non-hydrogen) atoms. The van der Waals surface area contributed by atoms with Crippen molar-refractivity contribution in [1.29, 1.82) is 5.26 Å². The van der Waals surface area contributed by atoms with Crippen molar-refractivity contribution in [3.8, 4) is 6.07 Å². The molecule has 0 bridgehead atoms. The van der Waals surface area contributed by atoms with Crippen LogP contribution in [0.15, 0.2) is 66.7 Å². The zero-order valence-electron chi connectivity index (χ0n) is 19.3. The first kappa shape index (κ1) is 21.2. The third-order valence-corrected chi connectivity index (χ3v) is 6.49. The maximum atomic E-state index is 9.96. The van der Waals surface area contributed by atoms with Crippen molar-refractivity contribution >= 4 is 28.6 Å². The lowest BCUT2D eigenvalue weighted by Gasteiger charge is -2.36. The molecule has 1 aliphatic heterocycles. The number of hydrogen-bond donors (Lipinski definition) is 0. The van der Waals surface area contributed by atoms with Crippen molar-refractivity contribution in [2.24, 2.45) is 0 Å². The Balaban J connectivity index is 1.43. The van der Waals surface area contributed by atoms with Gasteiger partial charge in [-0.3, -0.25) is 9.30 Å². The fraction of sp³-hybridized carbons (Fsp3) is 0.286. The van der Waals surface area contributed by atoms with E-state index in [1.165, 1.54) is 5.56 Å². The second-order valence-corrected chi connectivity index (χ2v) is 8.96. The number of aromatic nitrogens is 2. The van der Waals surface area contributed by atoms with Gasteiger partial charge in [-0.25, -0.2) is 4.98 Å². The maximum absolute atomic E-state index is 9.96. The number of benzene rings is 2. The van der Waals surface area contributed by atoms with E-state index in [0.717, 1.165) is 60.8 Å². The van der Waals surface area contributed by atoms with Gasteiger partial charge in [0.15, 0.2) is 5.65 Å². The molecule has 5 rings (SSSR count). The van der Waals surface area contributed by atoms with E-state index in [4.69, 9.17) is 4.98 Å². The third kappa shape index (κ3) is 4.10. The summed E-state index contributed by atoms with van der Waals surface area (Å²) in [5, 5.41) is 9.96. The molecule has 0 saturated carbocycles. The number of anilines is 1. The zero-order valence-corrected chi connectivity index (χ0v) is 19.3. The number of fused-ring (bicyclic) bond motifs is 3. The van der Waals surface area contributed by atoms with Crippen molar-refractivity contribution in [2.45, 2.75) is 19.8 Å². The summed E-state index contributed by atoms with van der Waals surface area (Å²) < 4.78 is 2.19. The van der Waals surface area contributed by atoms with E-state index in [2.05, 4.69) is 82.7 Å². The minimum Gasteiger partial charge on any atom is -0.355 e. The predicted octanol–water partition coefficient (Wildman–Crippen LogP) is 5.32. The highest BCUT2D eigenvalue weighted by Crippen LogP contribution is 2.32. The van der Waals surface area contributed by atoms with Gasteiger partial charge in [-0.15, -0.1) is 0 Å². The second kappa shape index (κ2) is 9.09. The quantitative estimate of drug-likeness (QED) is 0.426. The smallest absolute Gasteiger partial charge is 0.157 e.